The van der Waals surface area contributed by atoms with Crippen molar-refractivity contribution in [3.05, 3.63) is 39.8 Å². The van der Waals surface area contributed by atoms with Gasteiger partial charge in [-0.3, -0.25) is 4.98 Å². The van der Waals surface area contributed by atoms with E-state index in [1.807, 2.05) is 0 Å². The highest BCUT2D eigenvalue weighted by molar-refractivity contribution is 9.10. The maximum absolute atomic E-state index is 14.1. The summed E-state index contributed by atoms with van der Waals surface area (Å²) in [5.74, 6) is 0.121. The van der Waals surface area contributed by atoms with Gasteiger partial charge in [0.2, 0.25) is 0 Å². The van der Waals surface area contributed by atoms with Gasteiger partial charge in [0.1, 0.15) is 5.82 Å². The molecule has 1 N–H and O–H groups in total. The number of nitrogens with zero attached hydrogens (tertiary/aromatic N) is 2. The van der Waals surface area contributed by atoms with Crippen molar-refractivity contribution in [2.45, 2.75) is 13.3 Å². The largest absolute Gasteiger partial charge is 0.369 e. The van der Waals surface area contributed by atoms with Gasteiger partial charge in [-0.15, -0.1) is 0 Å². The third-order valence-electron chi connectivity index (χ3n) is 2.50. The third-order valence-corrected chi connectivity index (χ3v) is 3.76. The highest BCUT2D eigenvalue weighted by Crippen LogP contribution is 2.32. The van der Waals surface area contributed by atoms with Gasteiger partial charge in [0.15, 0.2) is 5.82 Å². The van der Waals surface area contributed by atoms with E-state index in [1.54, 1.807) is 18.3 Å². The summed E-state index contributed by atoms with van der Waals surface area (Å²) in [5, 5.41) is 3.16. The summed E-state index contributed by atoms with van der Waals surface area (Å²) >= 11 is 9.05. The Morgan fingerprint density at radius 2 is 2.16 bits per heavy atom. The summed E-state index contributed by atoms with van der Waals surface area (Å²) in [5.41, 5.74) is 0.786. The summed E-state index contributed by atoms with van der Waals surface area (Å²) in [6.45, 7) is 2.85. The van der Waals surface area contributed by atoms with Gasteiger partial charge in [0.25, 0.3) is 0 Å². The molecule has 0 atom stereocenters. The smallest absolute Gasteiger partial charge is 0.152 e. The number of benzene rings is 1. The molecule has 2 rings (SSSR count). The van der Waals surface area contributed by atoms with Crippen LogP contribution in [0.15, 0.2) is 29.0 Å². The van der Waals surface area contributed by atoms with Crippen molar-refractivity contribution in [3.63, 3.8) is 0 Å². The van der Waals surface area contributed by atoms with E-state index in [0.717, 1.165) is 13.0 Å². The average Bonchev–Trinajstić information content (AvgIpc) is 2.43. The number of aromatic nitrogens is 2. The number of nitrogens with one attached hydrogen (secondary N) is 1. The minimum Gasteiger partial charge on any atom is -0.369 e. The van der Waals surface area contributed by atoms with Crippen LogP contribution in [-0.4, -0.2) is 16.5 Å². The molecule has 0 fully saturated rings. The van der Waals surface area contributed by atoms with Crippen LogP contribution in [0.2, 0.25) is 5.02 Å². The van der Waals surface area contributed by atoms with Gasteiger partial charge in [-0.1, -0.05) is 18.5 Å². The fourth-order valence-corrected chi connectivity index (χ4v) is 2.03. The Bertz CT molecular complexity index is 592. The zero-order valence-electron chi connectivity index (χ0n) is 10.3. The summed E-state index contributed by atoms with van der Waals surface area (Å²) in [7, 11) is 0. The second kappa shape index (κ2) is 6.30. The van der Waals surface area contributed by atoms with Gasteiger partial charge < -0.3 is 5.32 Å². The second-order valence-corrected chi connectivity index (χ2v) is 5.17. The second-order valence-electron chi connectivity index (χ2n) is 3.94. The molecule has 19 heavy (non-hydrogen) atoms. The van der Waals surface area contributed by atoms with Gasteiger partial charge in [-0.05, 0) is 34.5 Å². The van der Waals surface area contributed by atoms with Crippen LogP contribution in [0.5, 0.6) is 0 Å². The minimum atomic E-state index is -0.502. The molecule has 2 aromatic rings. The number of halogens is 3. The monoisotopic (exact) mass is 343 g/mol. The fraction of sp³-hybridized carbons (Fsp3) is 0.231. The number of anilines is 1. The predicted octanol–water partition coefficient (Wildman–Crippen LogP) is 4.52. The summed E-state index contributed by atoms with van der Waals surface area (Å²) in [6, 6.07) is 3.31. The van der Waals surface area contributed by atoms with Crippen LogP contribution >= 0.6 is 27.5 Å². The molecule has 1 aromatic heterocycles. The quantitative estimate of drug-likeness (QED) is 0.829. The van der Waals surface area contributed by atoms with Crippen molar-refractivity contribution in [3.8, 4) is 11.3 Å². The zero-order valence-corrected chi connectivity index (χ0v) is 12.6. The molecule has 0 bridgehead atoms. The molecule has 1 aromatic carbocycles. The minimum absolute atomic E-state index is 0.0474. The highest BCUT2D eigenvalue weighted by Gasteiger charge is 2.13. The Kier molecular flexibility index (Phi) is 4.71. The Hall–Kier alpha value is -1.20. The highest BCUT2D eigenvalue weighted by atomic mass is 79.9. The lowest BCUT2D eigenvalue weighted by Gasteiger charge is -2.08. The predicted molar refractivity (Wildman–Crippen MR) is 78.9 cm³/mol. The number of hydrogen-bond acceptors (Lipinski definition) is 3. The van der Waals surface area contributed by atoms with E-state index in [9.17, 15) is 4.39 Å². The van der Waals surface area contributed by atoms with Crippen molar-refractivity contribution < 1.29 is 4.39 Å². The van der Waals surface area contributed by atoms with Crippen LogP contribution in [-0.2, 0) is 0 Å². The third kappa shape index (κ3) is 3.22. The molecule has 6 heteroatoms. The van der Waals surface area contributed by atoms with Crippen LogP contribution in [0.3, 0.4) is 0 Å². The first-order chi connectivity index (χ1) is 9.13. The maximum atomic E-state index is 14.1. The van der Waals surface area contributed by atoms with E-state index in [2.05, 4.69) is 38.1 Å². The van der Waals surface area contributed by atoms with E-state index in [4.69, 9.17) is 11.6 Å². The summed E-state index contributed by atoms with van der Waals surface area (Å²) in [4.78, 5) is 8.39. The van der Waals surface area contributed by atoms with Crippen molar-refractivity contribution in [2.24, 2.45) is 0 Å². The van der Waals surface area contributed by atoms with E-state index in [-0.39, 0.29) is 5.02 Å². The molecule has 0 aliphatic heterocycles. The first kappa shape index (κ1) is 14.2. The molecule has 0 unspecified atom stereocenters. The van der Waals surface area contributed by atoms with Crippen LogP contribution in [0.25, 0.3) is 11.3 Å². The van der Waals surface area contributed by atoms with E-state index in [0.29, 0.717) is 21.5 Å². The van der Waals surface area contributed by atoms with Crippen molar-refractivity contribution in [1.82, 2.24) is 9.97 Å². The molecule has 0 radical (unpaired) electrons. The van der Waals surface area contributed by atoms with Crippen LogP contribution in [0, 0.1) is 5.82 Å². The van der Waals surface area contributed by atoms with Gasteiger partial charge in [-0.25, -0.2) is 9.37 Å². The number of rotatable bonds is 4. The van der Waals surface area contributed by atoms with Gasteiger partial charge >= 0.3 is 0 Å². The fourth-order valence-electron chi connectivity index (χ4n) is 1.56. The van der Waals surface area contributed by atoms with Crippen LogP contribution in [0.1, 0.15) is 13.3 Å². The maximum Gasteiger partial charge on any atom is 0.152 e. The molecule has 0 amide bonds. The first-order valence-electron chi connectivity index (χ1n) is 5.83. The molecule has 3 nitrogen and oxygen atoms in total. The molecule has 0 aliphatic rings. The zero-order chi connectivity index (χ0) is 13.8. The van der Waals surface area contributed by atoms with E-state index < -0.39 is 5.82 Å². The van der Waals surface area contributed by atoms with Gasteiger partial charge in [0.05, 0.1) is 23.1 Å². The molecule has 0 spiro atoms. The summed E-state index contributed by atoms with van der Waals surface area (Å²) < 4.78 is 14.6. The standard InChI is InChI=1S/C13H12BrClFN3/c1-2-5-18-11-7-17-6-10(19-11)8-3-4-9(14)12(15)13(8)16/h3-4,6-7H,2,5H2,1H3,(H,18,19). The van der Waals surface area contributed by atoms with Gasteiger partial charge in [-0.2, -0.15) is 0 Å². The normalized spacial score (nSPS) is 10.5. The molecular formula is C13H12BrClFN3. The molecular weight excluding hydrogens is 333 g/mol. The lowest BCUT2D eigenvalue weighted by molar-refractivity contribution is 0.630. The lowest BCUT2D eigenvalue weighted by atomic mass is 10.1. The van der Waals surface area contributed by atoms with Crippen molar-refractivity contribution >= 4 is 33.3 Å². The van der Waals surface area contributed by atoms with Crippen LogP contribution < -0.4 is 5.32 Å². The Labute approximate surface area is 124 Å². The van der Waals surface area contributed by atoms with E-state index in [1.165, 1.54) is 6.20 Å². The summed E-state index contributed by atoms with van der Waals surface area (Å²) in [6.07, 6.45) is 4.10. The average molecular weight is 345 g/mol. The van der Waals surface area contributed by atoms with E-state index >= 15 is 0 Å². The van der Waals surface area contributed by atoms with Crippen molar-refractivity contribution in [2.75, 3.05) is 11.9 Å². The SMILES string of the molecule is CCCNc1cncc(-c2ccc(Br)c(Cl)c2F)n1. The Balaban J connectivity index is 2.39. The molecule has 1 heterocycles. The number of hydrogen-bond donors (Lipinski definition) is 1. The Morgan fingerprint density at radius 3 is 2.89 bits per heavy atom. The molecule has 0 saturated heterocycles. The van der Waals surface area contributed by atoms with Crippen LogP contribution in [0.4, 0.5) is 10.2 Å². The Morgan fingerprint density at radius 1 is 1.37 bits per heavy atom. The molecule has 0 saturated carbocycles. The molecule has 0 aliphatic carbocycles. The lowest BCUT2D eigenvalue weighted by Crippen LogP contribution is -2.03. The first-order valence-corrected chi connectivity index (χ1v) is 7.00. The topological polar surface area (TPSA) is 37.8 Å². The van der Waals surface area contributed by atoms with Gasteiger partial charge in [0, 0.05) is 16.6 Å². The van der Waals surface area contributed by atoms with Crippen molar-refractivity contribution in [1.29, 1.82) is 0 Å². The molecule has 100 valence electrons.